The minimum absolute atomic E-state index is 0.159. The predicted molar refractivity (Wildman–Crippen MR) is 114 cm³/mol. The van der Waals surface area contributed by atoms with Crippen molar-refractivity contribution >= 4 is 39.4 Å². The van der Waals surface area contributed by atoms with Gasteiger partial charge in [-0.05, 0) is 44.0 Å². The topological polar surface area (TPSA) is 95.8 Å². The first-order valence-corrected chi connectivity index (χ1v) is 11.1. The molecular formula is C22H22N4O4S. The number of thiazole rings is 1. The van der Waals surface area contributed by atoms with Crippen molar-refractivity contribution in [1.29, 1.82) is 0 Å². The van der Waals surface area contributed by atoms with Gasteiger partial charge >= 0.3 is 6.03 Å². The van der Waals surface area contributed by atoms with E-state index in [4.69, 9.17) is 9.40 Å². The molecule has 31 heavy (non-hydrogen) atoms. The maximum Gasteiger partial charge on any atom is 0.325 e. The summed E-state index contributed by atoms with van der Waals surface area (Å²) in [5, 5.41) is 3.68. The van der Waals surface area contributed by atoms with Crippen LogP contribution in [0.4, 0.5) is 4.79 Å². The zero-order valence-corrected chi connectivity index (χ0v) is 17.9. The lowest BCUT2D eigenvalue weighted by molar-refractivity contribution is -0.139. The van der Waals surface area contributed by atoms with E-state index in [1.165, 1.54) is 6.26 Å². The third-order valence-corrected chi connectivity index (χ3v) is 7.21. The first-order chi connectivity index (χ1) is 15.0. The van der Waals surface area contributed by atoms with Crippen LogP contribution in [0.1, 0.15) is 36.5 Å². The number of furan rings is 1. The van der Waals surface area contributed by atoms with Gasteiger partial charge in [-0.2, -0.15) is 0 Å². The zero-order chi connectivity index (χ0) is 21.6. The Hall–Kier alpha value is -3.20. The summed E-state index contributed by atoms with van der Waals surface area (Å²) >= 11 is 1.66. The van der Waals surface area contributed by atoms with Gasteiger partial charge in [-0.15, -0.1) is 11.3 Å². The average Bonchev–Trinajstić information content (AvgIpc) is 3.50. The van der Waals surface area contributed by atoms with Gasteiger partial charge < -0.3 is 14.6 Å². The van der Waals surface area contributed by atoms with Crippen molar-refractivity contribution in [3.05, 3.63) is 53.4 Å². The van der Waals surface area contributed by atoms with Gasteiger partial charge in [0.25, 0.3) is 5.91 Å². The molecule has 8 nitrogen and oxygen atoms in total. The van der Waals surface area contributed by atoms with Crippen LogP contribution in [0.25, 0.3) is 10.2 Å². The van der Waals surface area contributed by atoms with Crippen molar-refractivity contribution in [3.8, 4) is 0 Å². The molecule has 1 N–H and O–H groups in total. The van der Waals surface area contributed by atoms with Crippen molar-refractivity contribution in [3.63, 3.8) is 0 Å². The van der Waals surface area contributed by atoms with Crippen LogP contribution in [-0.4, -0.2) is 52.3 Å². The first kappa shape index (κ1) is 19.7. The number of hydrogen-bond acceptors (Lipinski definition) is 6. The van der Waals surface area contributed by atoms with Crippen LogP contribution in [0.2, 0.25) is 0 Å². The van der Waals surface area contributed by atoms with Gasteiger partial charge in [-0.3, -0.25) is 14.5 Å². The summed E-state index contributed by atoms with van der Waals surface area (Å²) in [5.74, 6) is -0.222. The Balaban J connectivity index is 1.29. The lowest BCUT2D eigenvalue weighted by Crippen LogP contribution is -2.47. The molecule has 4 amide bonds. The smallest absolute Gasteiger partial charge is 0.325 e. The number of carbonyl (C=O) groups excluding carboxylic acids is 3. The second-order valence-electron chi connectivity index (χ2n) is 8.12. The third-order valence-electron chi connectivity index (χ3n) is 6.02. The Labute approximate surface area is 182 Å². The molecule has 4 heterocycles. The fourth-order valence-corrected chi connectivity index (χ4v) is 5.37. The highest BCUT2D eigenvalue weighted by Gasteiger charge is 2.51. The summed E-state index contributed by atoms with van der Waals surface area (Å²) in [4.78, 5) is 45.9. The number of nitrogens with one attached hydrogen (secondary N) is 1. The number of benzene rings is 1. The molecule has 2 aliphatic rings. The molecule has 0 bridgehead atoms. The van der Waals surface area contributed by atoms with Crippen LogP contribution in [-0.2, 0) is 15.1 Å². The number of aromatic nitrogens is 1. The number of likely N-dealkylation sites (tertiary alicyclic amines) is 1. The Morgan fingerprint density at radius 2 is 2.13 bits per heavy atom. The molecular weight excluding hydrogens is 416 g/mol. The summed E-state index contributed by atoms with van der Waals surface area (Å²) in [6, 6.07) is 10.7. The van der Waals surface area contributed by atoms with E-state index >= 15 is 0 Å². The van der Waals surface area contributed by atoms with Crippen LogP contribution >= 0.6 is 11.3 Å². The number of rotatable bonds is 4. The maximum absolute atomic E-state index is 13.0. The normalized spacial score (nSPS) is 24.1. The van der Waals surface area contributed by atoms with E-state index < -0.39 is 17.5 Å². The molecule has 1 aromatic carbocycles. The second-order valence-corrected chi connectivity index (χ2v) is 9.18. The first-order valence-electron chi connectivity index (χ1n) is 10.3. The highest BCUT2D eigenvalue weighted by Crippen LogP contribution is 2.33. The van der Waals surface area contributed by atoms with Gasteiger partial charge in [0.15, 0.2) is 5.54 Å². The molecule has 2 saturated heterocycles. The van der Waals surface area contributed by atoms with E-state index in [1.54, 1.807) is 35.3 Å². The number of hydrogen-bond donors (Lipinski definition) is 1. The Morgan fingerprint density at radius 1 is 1.29 bits per heavy atom. The van der Waals surface area contributed by atoms with E-state index in [0.717, 1.165) is 33.0 Å². The molecule has 3 aromatic rings. The van der Waals surface area contributed by atoms with Gasteiger partial charge in [-0.25, -0.2) is 9.78 Å². The quantitative estimate of drug-likeness (QED) is 0.632. The standard InChI is InChI=1S/C22H22N4O4S/c1-22(17-9-5-11-30-17)20(28)26(21(29)24-22)13-18(27)25-10-4-6-14(12-25)19-23-15-7-2-3-8-16(15)31-19/h2-3,5,7-9,11,14H,4,6,10,12-13H2,1H3,(H,24,29)/t14-,22-/m1/s1. The molecule has 0 unspecified atom stereocenters. The van der Waals surface area contributed by atoms with Gasteiger partial charge in [-0.1, -0.05) is 12.1 Å². The van der Waals surface area contributed by atoms with Crippen LogP contribution in [0.15, 0.2) is 47.1 Å². The number of nitrogens with zero attached hydrogens (tertiary/aromatic N) is 3. The Bertz CT molecular complexity index is 1120. The van der Waals surface area contributed by atoms with Crippen molar-refractivity contribution in [2.24, 2.45) is 0 Å². The summed E-state index contributed by atoms with van der Waals surface area (Å²) in [6.45, 7) is 2.45. The molecule has 0 radical (unpaired) electrons. The van der Waals surface area contributed by atoms with E-state index in [0.29, 0.717) is 18.8 Å². The molecule has 2 aromatic heterocycles. The molecule has 9 heteroatoms. The van der Waals surface area contributed by atoms with Crippen molar-refractivity contribution in [1.82, 2.24) is 20.1 Å². The van der Waals surface area contributed by atoms with Crippen LogP contribution in [0, 0.1) is 0 Å². The fourth-order valence-electron chi connectivity index (χ4n) is 4.28. The van der Waals surface area contributed by atoms with Gasteiger partial charge in [0, 0.05) is 19.0 Å². The van der Waals surface area contributed by atoms with Crippen LogP contribution in [0.3, 0.4) is 0 Å². The lowest BCUT2D eigenvalue weighted by atomic mass is 9.98. The number of fused-ring (bicyclic) bond motifs is 1. The predicted octanol–water partition coefficient (Wildman–Crippen LogP) is 3.06. The zero-order valence-electron chi connectivity index (χ0n) is 17.0. The van der Waals surface area contributed by atoms with E-state index in [1.807, 2.05) is 18.2 Å². The molecule has 0 spiro atoms. The van der Waals surface area contributed by atoms with Crippen molar-refractivity contribution < 1.29 is 18.8 Å². The molecule has 2 fully saturated rings. The molecule has 0 saturated carbocycles. The molecule has 160 valence electrons. The largest absolute Gasteiger partial charge is 0.466 e. The monoisotopic (exact) mass is 438 g/mol. The highest BCUT2D eigenvalue weighted by molar-refractivity contribution is 7.18. The van der Waals surface area contributed by atoms with Gasteiger partial charge in [0.05, 0.1) is 21.5 Å². The maximum atomic E-state index is 13.0. The number of para-hydroxylation sites is 1. The number of urea groups is 1. The third kappa shape index (κ3) is 3.38. The summed E-state index contributed by atoms with van der Waals surface area (Å²) in [7, 11) is 0. The molecule has 5 rings (SSSR count). The fraction of sp³-hybridized carbons (Fsp3) is 0.364. The van der Waals surface area contributed by atoms with Crippen molar-refractivity contribution in [2.45, 2.75) is 31.2 Å². The SMILES string of the molecule is C[C@]1(c2ccco2)NC(=O)N(CC(=O)N2CCC[C@@H](c3nc4ccccc4s3)C2)C1=O. The molecule has 2 atom stereocenters. The average molecular weight is 439 g/mol. The lowest BCUT2D eigenvalue weighted by Gasteiger charge is -2.32. The Kier molecular flexibility index (Phi) is 4.77. The number of piperidine rings is 1. The second kappa shape index (κ2) is 7.49. The summed E-state index contributed by atoms with van der Waals surface area (Å²) < 4.78 is 6.47. The number of imide groups is 1. The van der Waals surface area contributed by atoms with Crippen LogP contribution < -0.4 is 5.32 Å². The summed E-state index contributed by atoms with van der Waals surface area (Å²) in [6.07, 6.45) is 3.27. The van der Waals surface area contributed by atoms with Gasteiger partial charge in [0.1, 0.15) is 12.3 Å². The van der Waals surface area contributed by atoms with Crippen molar-refractivity contribution in [2.75, 3.05) is 19.6 Å². The number of carbonyl (C=O) groups is 3. The van der Waals surface area contributed by atoms with Crippen LogP contribution in [0.5, 0.6) is 0 Å². The Morgan fingerprint density at radius 3 is 2.90 bits per heavy atom. The van der Waals surface area contributed by atoms with E-state index in [2.05, 4.69) is 11.4 Å². The molecule has 0 aliphatic carbocycles. The minimum atomic E-state index is -1.30. The van der Waals surface area contributed by atoms with Gasteiger partial charge in [0.2, 0.25) is 5.91 Å². The minimum Gasteiger partial charge on any atom is -0.466 e. The van der Waals surface area contributed by atoms with E-state index in [9.17, 15) is 14.4 Å². The number of amides is 4. The van der Waals surface area contributed by atoms with E-state index in [-0.39, 0.29) is 18.4 Å². The summed E-state index contributed by atoms with van der Waals surface area (Å²) in [5.41, 5.74) is -0.325. The molecule has 2 aliphatic heterocycles. The highest BCUT2D eigenvalue weighted by atomic mass is 32.1.